The fraction of sp³-hybridized carbons (Fsp3) is 1.00. The van der Waals surface area contributed by atoms with E-state index in [0.29, 0.717) is 11.3 Å². The van der Waals surface area contributed by atoms with E-state index in [4.69, 9.17) is 10.5 Å². The van der Waals surface area contributed by atoms with Crippen molar-refractivity contribution in [3.8, 4) is 0 Å². The fourth-order valence-electron chi connectivity index (χ4n) is 2.80. The monoisotopic (exact) mass is 227 g/mol. The first kappa shape index (κ1) is 14.0. The first-order chi connectivity index (χ1) is 7.45. The van der Waals surface area contributed by atoms with Gasteiger partial charge in [0.1, 0.15) is 0 Å². The summed E-state index contributed by atoms with van der Waals surface area (Å²) in [6.45, 7) is 10.6. The molecule has 2 nitrogen and oxygen atoms in total. The predicted molar refractivity (Wildman–Crippen MR) is 69.4 cm³/mol. The van der Waals surface area contributed by atoms with Gasteiger partial charge in [-0.2, -0.15) is 0 Å². The van der Waals surface area contributed by atoms with Gasteiger partial charge in [0.2, 0.25) is 0 Å². The van der Waals surface area contributed by atoms with E-state index in [1.54, 1.807) is 0 Å². The van der Waals surface area contributed by atoms with Crippen molar-refractivity contribution in [2.24, 2.45) is 23.0 Å². The summed E-state index contributed by atoms with van der Waals surface area (Å²) in [7, 11) is 0. The van der Waals surface area contributed by atoms with Crippen LogP contribution in [0.4, 0.5) is 0 Å². The van der Waals surface area contributed by atoms with Crippen molar-refractivity contribution in [1.82, 2.24) is 0 Å². The second kappa shape index (κ2) is 6.02. The smallest absolute Gasteiger partial charge is 0.0620 e. The molecule has 1 aliphatic rings. The van der Waals surface area contributed by atoms with E-state index in [9.17, 15) is 0 Å². The lowest BCUT2D eigenvalue weighted by Crippen LogP contribution is -2.38. The molecule has 2 N–H and O–H groups in total. The van der Waals surface area contributed by atoms with Crippen LogP contribution in [-0.4, -0.2) is 19.3 Å². The van der Waals surface area contributed by atoms with Crippen LogP contribution in [-0.2, 0) is 4.74 Å². The van der Waals surface area contributed by atoms with E-state index in [1.165, 1.54) is 25.7 Å². The Hall–Kier alpha value is -0.0800. The molecule has 1 unspecified atom stereocenters. The third-order valence-corrected chi connectivity index (χ3v) is 4.12. The number of rotatable bonds is 4. The number of hydrogen-bond acceptors (Lipinski definition) is 2. The van der Waals surface area contributed by atoms with Crippen LogP contribution in [0.15, 0.2) is 0 Å². The summed E-state index contributed by atoms with van der Waals surface area (Å²) >= 11 is 0. The van der Waals surface area contributed by atoms with Crippen LogP contribution in [0.25, 0.3) is 0 Å². The van der Waals surface area contributed by atoms with Crippen molar-refractivity contribution in [3.63, 3.8) is 0 Å². The standard InChI is InChI=1S/C14H29NO/c1-5-16-10-13(15)11-6-8-12(9-7-11)14(2,3)4/h11-13H,5-10,15H2,1-4H3. The van der Waals surface area contributed by atoms with Crippen LogP contribution in [0, 0.1) is 17.3 Å². The van der Waals surface area contributed by atoms with Crippen molar-refractivity contribution >= 4 is 0 Å². The van der Waals surface area contributed by atoms with Crippen molar-refractivity contribution in [2.45, 2.75) is 59.4 Å². The molecule has 0 aromatic carbocycles. The van der Waals surface area contributed by atoms with Gasteiger partial charge in [-0.3, -0.25) is 0 Å². The second-order valence-electron chi connectivity index (χ2n) is 6.30. The molecule has 0 bridgehead atoms. The molecule has 0 radical (unpaired) electrons. The fourth-order valence-corrected chi connectivity index (χ4v) is 2.80. The molecule has 1 fully saturated rings. The molecular formula is C14H29NO. The molecule has 1 aliphatic carbocycles. The maximum Gasteiger partial charge on any atom is 0.0620 e. The highest BCUT2D eigenvalue weighted by atomic mass is 16.5. The molecule has 1 rings (SSSR count). The lowest BCUT2D eigenvalue weighted by molar-refractivity contribution is 0.0866. The third-order valence-electron chi connectivity index (χ3n) is 4.12. The van der Waals surface area contributed by atoms with Crippen molar-refractivity contribution in [3.05, 3.63) is 0 Å². The molecule has 0 heterocycles. The molecule has 2 heteroatoms. The topological polar surface area (TPSA) is 35.2 Å². The minimum Gasteiger partial charge on any atom is -0.380 e. The molecular weight excluding hydrogens is 198 g/mol. The maximum absolute atomic E-state index is 6.16. The average molecular weight is 227 g/mol. The predicted octanol–water partition coefficient (Wildman–Crippen LogP) is 3.20. The number of nitrogens with two attached hydrogens (primary N) is 1. The van der Waals surface area contributed by atoms with E-state index >= 15 is 0 Å². The summed E-state index contributed by atoms with van der Waals surface area (Å²) in [6, 6.07) is 0.251. The molecule has 0 aromatic heterocycles. The van der Waals surface area contributed by atoms with E-state index in [1.807, 2.05) is 6.92 Å². The third kappa shape index (κ3) is 4.06. The lowest BCUT2D eigenvalue weighted by Gasteiger charge is -2.38. The first-order valence-electron chi connectivity index (χ1n) is 6.78. The van der Waals surface area contributed by atoms with Gasteiger partial charge in [-0.1, -0.05) is 20.8 Å². The van der Waals surface area contributed by atoms with Crippen LogP contribution in [0.3, 0.4) is 0 Å². The average Bonchev–Trinajstić information content (AvgIpc) is 2.25. The zero-order chi connectivity index (χ0) is 12.2. The Balaban J connectivity index is 2.31. The SMILES string of the molecule is CCOCC(N)C1CCC(C(C)(C)C)CC1. The van der Waals surface area contributed by atoms with Gasteiger partial charge in [-0.25, -0.2) is 0 Å². The Bertz CT molecular complexity index is 189. The van der Waals surface area contributed by atoms with Crippen molar-refractivity contribution < 1.29 is 4.74 Å². The zero-order valence-corrected chi connectivity index (χ0v) is 11.5. The largest absolute Gasteiger partial charge is 0.380 e. The highest BCUT2D eigenvalue weighted by molar-refractivity contribution is 4.84. The van der Waals surface area contributed by atoms with E-state index < -0.39 is 0 Å². The Morgan fingerprint density at radius 1 is 1.19 bits per heavy atom. The Morgan fingerprint density at radius 3 is 2.19 bits per heavy atom. The van der Waals surface area contributed by atoms with Crippen LogP contribution >= 0.6 is 0 Å². The lowest BCUT2D eigenvalue weighted by atomic mass is 9.69. The first-order valence-corrected chi connectivity index (χ1v) is 6.78. The van der Waals surface area contributed by atoms with Gasteiger partial charge in [0.25, 0.3) is 0 Å². The minimum absolute atomic E-state index is 0.251. The molecule has 1 saturated carbocycles. The van der Waals surface area contributed by atoms with Crippen LogP contribution in [0.2, 0.25) is 0 Å². The van der Waals surface area contributed by atoms with E-state index in [-0.39, 0.29) is 6.04 Å². The van der Waals surface area contributed by atoms with Gasteiger partial charge in [0.05, 0.1) is 6.61 Å². The van der Waals surface area contributed by atoms with Gasteiger partial charge in [-0.15, -0.1) is 0 Å². The zero-order valence-electron chi connectivity index (χ0n) is 11.5. The Labute approximate surface area is 101 Å². The summed E-state index contributed by atoms with van der Waals surface area (Å²) in [5.41, 5.74) is 6.63. The molecule has 96 valence electrons. The Kier molecular flexibility index (Phi) is 5.26. The molecule has 0 saturated heterocycles. The second-order valence-corrected chi connectivity index (χ2v) is 6.30. The maximum atomic E-state index is 6.16. The summed E-state index contributed by atoms with van der Waals surface area (Å²) in [5, 5.41) is 0. The molecule has 1 atom stereocenters. The number of ether oxygens (including phenoxy) is 1. The quantitative estimate of drug-likeness (QED) is 0.800. The van der Waals surface area contributed by atoms with E-state index in [2.05, 4.69) is 20.8 Å². The number of hydrogen-bond donors (Lipinski definition) is 1. The van der Waals surface area contributed by atoms with Gasteiger partial charge in [-0.05, 0) is 49.9 Å². The summed E-state index contributed by atoms with van der Waals surface area (Å²) in [6.07, 6.45) is 5.26. The molecule has 0 spiro atoms. The molecule has 16 heavy (non-hydrogen) atoms. The van der Waals surface area contributed by atoms with Gasteiger partial charge in [0.15, 0.2) is 0 Å². The van der Waals surface area contributed by atoms with Gasteiger partial charge < -0.3 is 10.5 Å². The molecule has 0 amide bonds. The van der Waals surface area contributed by atoms with Crippen molar-refractivity contribution in [1.29, 1.82) is 0 Å². The Morgan fingerprint density at radius 2 is 1.75 bits per heavy atom. The highest BCUT2D eigenvalue weighted by Gasteiger charge is 2.31. The summed E-state index contributed by atoms with van der Waals surface area (Å²) in [5.74, 6) is 1.56. The van der Waals surface area contributed by atoms with Crippen molar-refractivity contribution in [2.75, 3.05) is 13.2 Å². The summed E-state index contributed by atoms with van der Waals surface area (Å²) < 4.78 is 5.42. The van der Waals surface area contributed by atoms with Crippen LogP contribution in [0.1, 0.15) is 53.4 Å². The van der Waals surface area contributed by atoms with E-state index in [0.717, 1.165) is 19.1 Å². The molecule has 0 aliphatic heterocycles. The highest BCUT2D eigenvalue weighted by Crippen LogP contribution is 2.40. The molecule has 0 aromatic rings. The van der Waals surface area contributed by atoms with Crippen LogP contribution < -0.4 is 5.73 Å². The summed E-state index contributed by atoms with van der Waals surface area (Å²) in [4.78, 5) is 0. The normalized spacial score (nSPS) is 29.1. The minimum atomic E-state index is 0.251. The van der Waals surface area contributed by atoms with Crippen LogP contribution in [0.5, 0.6) is 0 Å². The van der Waals surface area contributed by atoms with Gasteiger partial charge >= 0.3 is 0 Å². The van der Waals surface area contributed by atoms with Gasteiger partial charge in [0, 0.05) is 12.6 Å².